The normalized spacial score (nSPS) is 14.9. The van der Waals surface area contributed by atoms with Crippen LogP contribution in [0.25, 0.3) is 11.3 Å². The Morgan fingerprint density at radius 3 is 2.87 bits per heavy atom. The minimum atomic E-state index is 0.489. The fraction of sp³-hybridized carbons (Fsp3) is 0.444. The van der Waals surface area contributed by atoms with Gasteiger partial charge in [-0.15, -0.1) is 0 Å². The Morgan fingerprint density at radius 1 is 1.30 bits per heavy atom. The number of nitrogens with two attached hydrogens (primary N) is 1. The van der Waals surface area contributed by atoms with E-state index < -0.39 is 0 Å². The summed E-state index contributed by atoms with van der Waals surface area (Å²) < 4.78 is 5.34. The lowest BCUT2D eigenvalue weighted by Gasteiger charge is -2.15. The minimum Gasteiger partial charge on any atom is -0.497 e. The molecule has 1 saturated carbocycles. The molecule has 1 aliphatic rings. The molecule has 0 unspecified atom stereocenters. The zero-order valence-corrected chi connectivity index (χ0v) is 13.6. The molecule has 1 fully saturated rings. The highest BCUT2D eigenvalue weighted by atomic mass is 16.5. The van der Waals surface area contributed by atoms with E-state index in [0.29, 0.717) is 19.0 Å². The maximum absolute atomic E-state index is 5.62. The number of benzene rings is 1. The molecule has 5 heteroatoms. The average molecular weight is 312 g/mol. The second-order valence-corrected chi connectivity index (χ2v) is 5.92. The summed E-state index contributed by atoms with van der Waals surface area (Å²) in [5, 5.41) is 3.33. The zero-order valence-electron chi connectivity index (χ0n) is 13.6. The fourth-order valence-corrected chi connectivity index (χ4v) is 3.10. The third-order valence-corrected chi connectivity index (χ3v) is 4.33. The molecule has 2 aromatic rings. The van der Waals surface area contributed by atoms with Crippen LogP contribution < -0.4 is 15.8 Å². The number of aromatic nitrogens is 2. The van der Waals surface area contributed by atoms with Crippen molar-refractivity contribution in [3.63, 3.8) is 0 Å². The highest BCUT2D eigenvalue weighted by molar-refractivity contribution is 5.74. The Kier molecular flexibility index (Phi) is 5.08. The third kappa shape index (κ3) is 3.62. The van der Waals surface area contributed by atoms with E-state index in [1.807, 2.05) is 24.4 Å². The van der Waals surface area contributed by atoms with Crippen LogP contribution >= 0.6 is 0 Å². The van der Waals surface area contributed by atoms with E-state index in [9.17, 15) is 0 Å². The molecule has 0 aliphatic heterocycles. The quantitative estimate of drug-likeness (QED) is 0.857. The van der Waals surface area contributed by atoms with Gasteiger partial charge in [0.2, 0.25) is 0 Å². The molecule has 5 nitrogen and oxygen atoms in total. The van der Waals surface area contributed by atoms with E-state index in [1.54, 1.807) is 7.11 Å². The SMILES string of the molecule is COc1cccc(-c2nc(C3CCCC3)ncc2NCCN)c1. The van der Waals surface area contributed by atoms with Crippen molar-refractivity contribution >= 4 is 5.69 Å². The van der Waals surface area contributed by atoms with Gasteiger partial charge in [-0.1, -0.05) is 25.0 Å². The van der Waals surface area contributed by atoms with Crippen LogP contribution in [0.4, 0.5) is 5.69 Å². The van der Waals surface area contributed by atoms with E-state index in [4.69, 9.17) is 15.5 Å². The summed E-state index contributed by atoms with van der Waals surface area (Å²) in [6.45, 7) is 1.27. The van der Waals surface area contributed by atoms with Crippen molar-refractivity contribution < 1.29 is 4.74 Å². The summed E-state index contributed by atoms with van der Waals surface area (Å²) >= 11 is 0. The summed E-state index contributed by atoms with van der Waals surface area (Å²) in [7, 11) is 1.68. The van der Waals surface area contributed by atoms with Crippen LogP contribution in [0.5, 0.6) is 5.75 Å². The summed E-state index contributed by atoms with van der Waals surface area (Å²) in [6.07, 6.45) is 6.82. The minimum absolute atomic E-state index is 0.489. The maximum Gasteiger partial charge on any atom is 0.132 e. The van der Waals surface area contributed by atoms with Crippen LogP contribution in [0.2, 0.25) is 0 Å². The Hall–Kier alpha value is -2.14. The van der Waals surface area contributed by atoms with Crippen molar-refractivity contribution in [2.75, 3.05) is 25.5 Å². The molecule has 0 saturated heterocycles. The second-order valence-electron chi connectivity index (χ2n) is 5.92. The van der Waals surface area contributed by atoms with Crippen molar-refractivity contribution in [3.8, 4) is 17.0 Å². The van der Waals surface area contributed by atoms with Crippen molar-refractivity contribution in [1.29, 1.82) is 0 Å². The standard InChI is InChI=1S/C18H24N4O/c1-23-15-8-4-7-14(11-15)17-16(20-10-9-19)12-21-18(22-17)13-5-2-3-6-13/h4,7-8,11-13,20H,2-3,5-6,9-10,19H2,1H3. The van der Waals surface area contributed by atoms with Crippen LogP contribution in [0.3, 0.4) is 0 Å². The lowest BCUT2D eigenvalue weighted by molar-refractivity contribution is 0.415. The second kappa shape index (κ2) is 7.42. The smallest absolute Gasteiger partial charge is 0.132 e. The van der Waals surface area contributed by atoms with Gasteiger partial charge in [-0.25, -0.2) is 9.97 Å². The molecule has 0 spiro atoms. The Labute approximate surface area is 137 Å². The summed E-state index contributed by atoms with van der Waals surface area (Å²) in [5.74, 6) is 2.27. The van der Waals surface area contributed by atoms with Gasteiger partial charge in [0.1, 0.15) is 11.6 Å². The van der Waals surface area contributed by atoms with Crippen molar-refractivity contribution in [3.05, 3.63) is 36.3 Å². The predicted octanol–water partition coefficient (Wildman–Crippen LogP) is 3.18. The van der Waals surface area contributed by atoms with Gasteiger partial charge < -0.3 is 15.8 Å². The first-order chi connectivity index (χ1) is 11.3. The highest BCUT2D eigenvalue weighted by Gasteiger charge is 2.21. The van der Waals surface area contributed by atoms with Gasteiger partial charge in [-0.05, 0) is 25.0 Å². The summed E-state index contributed by atoms with van der Waals surface area (Å²) in [4.78, 5) is 9.48. The number of anilines is 1. The van der Waals surface area contributed by atoms with Gasteiger partial charge in [-0.3, -0.25) is 0 Å². The number of methoxy groups -OCH3 is 1. The third-order valence-electron chi connectivity index (χ3n) is 4.33. The van der Waals surface area contributed by atoms with Gasteiger partial charge in [0.25, 0.3) is 0 Å². The number of nitrogens with one attached hydrogen (secondary N) is 1. The van der Waals surface area contributed by atoms with E-state index in [0.717, 1.165) is 28.5 Å². The maximum atomic E-state index is 5.62. The van der Waals surface area contributed by atoms with Gasteiger partial charge in [-0.2, -0.15) is 0 Å². The number of hydrogen-bond donors (Lipinski definition) is 2. The molecule has 1 aromatic heterocycles. The summed E-state index contributed by atoms with van der Waals surface area (Å²) in [6, 6.07) is 7.99. The first-order valence-electron chi connectivity index (χ1n) is 8.27. The molecule has 23 heavy (non-hydrogen) atoms. The van der Waals surface area contributed by atoms with E-state index in [-0.39, 0.29) is 0 Å². The van der Waals surface area contributed by atoms with E-state index in [2.05, 4.69) is 16.4 Å². The molecule has 0 radical (unpaired) electrons. The molecular weight excluding hydrogens is 288 g/mol. The molecule has 1 aromatic carbocycles. The molecule has 0 bridgehead atoms. The Morgan fingerprint density at radius 2 is 2.13 bits per heavy atom. The van der Waals surface area contributed by atoms with Gasteiger partial charge in [0.05, 0.1) is 24.7 Å². The van der Waals surface area contributed by atoms with Crippen LogP contribution in [0.15, 0.2) is 30.5 Å². The molecule has 3 N–H and O–H groups in total. The van der Waals surface area contributed by atoms with Crippen LogP contribution in [-0.4, -0.2) is 30.2 Å². The zero-order chi connectivity index (χ0) is 16.1. The van der Waals surface area contributed by atoms with Crippen LogP contribution in [0.1, 0.15) is 37.4 Å². The molecule has 0 atom stereocenters. The Bertz CT molecular complexity index is 653. The molecule has 122 valence electrons. The van der Waals surface area contributed by atoms with Crippen molar-refractivity contribution in [2.45, 2.75) is 31.6 Å². The lowest BCUT2D eigenvalue weighted by Crippen LogP contribution is -2.15. The average Bonchev–Trinajstić information content (AvgIpc) is 3.14. The highest BCUT2D eigenvalue weighted by Crippen LogP contribution is 2.35. The monoisotopic (exact) mass is 312 g/mol. The van der Waals surface area contributed by atoms with Gasteiger partial charge >= 0.3 is 0 Å². The van der Waals surface area contributed by atoms with Gasteiger partial charge in [0, 0.05) is 24.6 Å². The molecule has 0 amide bonds. The fourth-order valence-electron chi connectivity index (χ4n) is 3.10. The molecule has 1 aliphatic carbocycles. The van der Waals surface area contributed by atoms with Crippen LogP contribution in [0, 0.1) is 0 Å². The molecule has 1 heterocycles. The number of hydrogen-bond acceptors (Lipinski definition) is 5. The summed E-state index contributed by atoms with van der Waals surface area (Å²) in [5.41, 5.74) is 8.50. The van der Waals surface area contributed by atoms with Crippen molar-refractivity contribution in [2.24, 2.45) is 5.73 Å². The number of ether oxygens (including phenoxy) is 1. The molecular formula is C18H24N4O. The van der Waals surface area contributed by atoms with Crippen LogP contribution in [-0.2, 0) is 0 Å². The number of nitrogens with zero attached hydrogens (tertiary/aromatic N) is 2. The topological polar surface area (TPSA) is 73.1 Å². The molecule has 3 rings (SSSR count). The first kappa shape index (κ1) is 15.7. The van der Waals surface area contributed by atoms with Gasteiger partial charge in [0.15, 0.2) is 0 Å². The van der Waals surface area contributed by atoms with E-state index >= 15 is 0 Å². The van der Waals surface area contributed by atoms with E-state index in [1.165, 1.54) is 25.7 Å². The predicted molar refractivity (Wildman–Crippen MR) is 92.8 cm³/mol. The van der Waals surface area contributed by atoms with Crippen molar-refractivity contribution in [1.82, 2.24) is 9.97 Å². The largest absolute Gasteiger partial charge is 0.497 e. The lowest BCUT2D eigenvalue weighted by atomic mass is 10.1. The Balaban J connectivity index is 2.00. The first-order valence-corrected chi connectivity index (χ1v) is 8.27. The number of rotatable bonds is 6.